The molecule has 3 unspecified atom stereocenters. The molecule has 2 N–H and O–H groups in total. The Bertz CT molecular complexity index is 1030. The molecule has 0 aromatic heterocycles. The SMILES string of the molecule is CCC1C(C(=O)O)CCN1C(=O)C(CNC(=O)OCC1c2ccccc2-c2ccccc21)OC. The normalized spacial score (nSPS) is 19.9. The van der Waals surface area contributed by atoms with Crippen LogP contribution in [0.4, 0.5) is 4.79 Å². The summed E-state index contributed by atoms with van der Waals surface area (Å²) >= 11 is 0. The predicted octanol–water partition coefficient (Wildman–Crippen LogP) is 3.25. The highest BCUT2D eigenvalue weighted by Crippen LogP contribution is 2.44. The zero-order valence-electron chi connectivity index (χ0n) is 19.4. The van der Waals surface area contributed by atoms with E-state index in [0.29, 0.717) is 19.4 Å². The summed E-state index contributed by atoms with van der Waals surface area (Å²) in [5.41, 5.74) is 4.53. The number of benzene rings is 2. The topological polar surface area (TPSA) is 105 Å². The number of nitrogens with one attached hydrogen (secondary N) is 1. The van der Waals surface area contributed by atoms with Crippen LogP contribution >= 0.6 is 0 Å². The van der Waals surface area contributed by atoms with Gasteiger partial charge in [0.15, 0.2) is 6.10 Å². The summed E-state index contributed by atoms with van der Waals surface area (Å²) in [6.07, 6.45) is -0.593. The van der Waals surface area contributed by atoms with Crippen LogP contribution in [0.15, 0.2) is 48.5 Å². The third kappa shape index (κ3) is 4.50. The number of fused-ring (bicyclic) bond motifs is 3. The fourth-order valence-electron chi connectivity index (χ4n) is 5.20. The van der Waals surface area contributed by atoms with E-state index in [4.69, 9.17) is 9.47 Å². The number of ether oxygens (including phenoxy) is 2. The Morgan fingerprint density at radius 3 is 2.26 bits per heavy atom. The van der Waals surface area contributed by atoms with Crippen LogP contribution in [0.2, 0.25) is 0 Å². The lowest BCUT2D eigenvalue weighted by Crippen LogP contribution is -2.49. The maximum absolute atomic E-state index is 13.0. The largest absolute Gasteiger partial charge is 0.481 e. The van der Waals surface area contributed by atoms with E-state index < -0.39 is 24.1 Å². The van der Waals surface area contributed by atoms with Crippen molar-refractivity contribution >= 4 is 18.0 Å². The molecular formula is C26H30N2O6. The molecule has 180 valence electrons. The molecule has 1 heterocycles. The summed E-state index contributed by atoms with van der Waals surface area (Å²) in [6, 6.07) is 15.8. The smallest absolute Gasteiger partial charge is 0.407 e. The van der Waals surface area contributed by atoms with Crippen molar-refractivity contribution in [2.45, 2.75) is 37.8 Å². The number of hydrogen-bond donors (Lipinski definition) is 2. The Morgan fingerprint density at radius 1 is 1.09 bits per heavy atom. The van der Waals surface area contributed by atoms with Gasteiger partial charge in [-0.3, -0.25) is 9.59 Å². The van der Waals surface area contributed by atoms with Crippen molar-refractivity contribution in [2.24, 2.45) is 5.92 Å². The van der Waals surface area contributed by atoms with Crippen LogP contribution in [0.1, 0.15) is 36.8 Å². The molecular weight excluding hydrogens is 436 g/mol. The van der Waals surface area contributed by atoms with Gasteiger partial charge in [0.25, 0.3) is 5.91 Å². The van der Waals surface area contributed by atoms with Gasteiger partial charge in [-0.05, 0) is 35.1 Å². The molecule has 1 saturated heterocycles. The Morgan fingerprint density at radius 2 is 1.71 bits per heavy atom. The van der Waals surface area contributed by atoms with Gasteiger partial charge in [-0.15, -0.1) is 0 Å². The maximum atomic E-state index is 13.0. The second-order valence-electron chi connectivity index (χ2n) is 8.67. The molecule has 1 fully saturated rings. The highest BCUT2D eigenvalue weighted by atomic mass is 16.5. The van der Waals surface area contributed by atoms with Crippen LogP contribution in [0.5, 0.6) is 0 Å². The average Bonchev–Trinajstić information content (AvgIpc) is 3.42. The number of nitrogens with zero attached hydrogens (tertiary/aromatic N) is 1. The van der Waals surface area contributed by atoms with E-state index in [1.165, 1.54) is 7.11 Å². The fourth-order valence-corrected chi connectivity index (χ4v) is 5.20. The van der Waals surface area contributed by atoms with Gasteiger partial charge in [0.1, 0.15) is 6.61 Å². The van der Waals surface area contributed by atoms with E-state index in [2.05, 4.69) is 17.4 Å². The summed E-state index contributed by atoms with van der Waals surface area (Å²) in [4.78, 5) is 38.5. The number of amides is 2. The van der Waals surface area contributed by atoms with Gasteiger partial charge in [0, 0.05) is 25.6 Å². The third-order valence-corrected chi connectivity index (χ3v) is 6.90. The van der Waals surface area contributed by atoms with Crippen LogP contribution in [-0.2, 0) is 19.1 Å². The lowest BCUT2D eigenvalue weighted by atomic mass is 9.98. The van der Waals surface area contributed by atoms with Crippen molar-refractivity contribution in [1.82, 2.24) is 10.2 Å². The molecule has 34 heavy (non-hydrogen) atoms. The first-order valence-corrected chi connectivity index (χ1v) is 11.6. The zero-order valence-corrected chi connectivity index (χ0v) is 19.4. The first kappa shape index (κ1) is 23.8. The van der Waals surface area contributed by atoms with Crippen molar-refractivity contribution in [2.75, 3.05) is 26.8 Å². The summed E-state index contributed by atoms with van der Waals surface area (Å²) in [7, 11) is 1.40. The average molecular weight is 467 g/mol. The zero-order chi connectivity index (χ0) is 24.2. The van der Waals surface area contributed by atoms with Gasteiger partial charge < -0.3 is 24.8 Å². The van der Waals surface area contributed by atoms with Crippen LogP contribution < -0.4 is 5.32 Å². The van der Waals surface area contributed by atoms with Crippen LogP contribution in [0, 0.1) is 5.92 Å². The first-order valence-electron chi connectivity index (χ1n) is 11.6. The molecule has 8 nitrogen and oxygen atoms in total. The Labute approximate surface area is 198 Å². The number of carboxylic acids is 1. The number of alkyl carbamates (subject to hydrolysis) is 1. The molecule has 8 heteroatoms. The van der Waals surface area contributed by atoms with Gasteiger partial charge >= 0.3 is 12.1 Å². The van der Waals surface area contributed by atoms with E-state index in [0.717, 1.165) is 22.3 Å². The standard InChI is InChI=1S/C26H30N2O6/c1-3-22-20(25(30)31)12-13-28(22)24(29)23(33-2)14-27-26(32)34-15-21-18-10-6-4-8-16(18)17-9-5-7-11-19(17)21/h4-11,20-23H,3,12-15H2,1-2H3,(H,27,32)(H,30,31). The van der Waals surface area contributed by atoms with Gasteiger partial charge in [-0.1, -0.05) is 55.5 Å². The lowest BCUT2D eigenvalue weighted by Gasteiger charge is -2.29. The maximum Gasteiger partial charge on any atom is 0.407 e. The van der Waals surface area contributed by atoms with Gasteiger partial charge in [-0.25, -0.2) is 4.79 Å². The molecule has 3 atom stereocenters. The number of carbonyl (C=O) groups is 3. The highest BCUT2D eigenvalue weighted by molar-refractivity contribution is 5.84. The van der Waals surface area contributed by atoms with Crippen molar-refractivity contribution in [3.8, 4) is 11.1 Å². The summed E-state index contributed by atoms with van der Waals surface area (Å²) in [6.45, 7) is 2.34. The highest BCUT2D eigenvalue weighted by Gasteiger charge is 2.42. The Balaban J connectivity index is 1.34. The molecule has 0 saturated carbocycles. The van der Waals surface area contributed by atoms with Crippen LogP contribution in [-0.4, -0.2) is 66.9 Å². The van der Waals surface area contributed by atoms with Gasteiger partial charge in [0.05, 0.1) is 12.5 Å². The molecule has 2 amide bonds. The van der Waals surface area contributed by atoms with E-state index >= 15 is 0 Å². The first-order chi connectivity index (χ1) is 16.5. The van der Waals surface area contributed by atoms with E-state index in [1.807, 2.05) is 43.3 Å². The summed E-state index contributed by atoms with van der Waals surface area (Å²) in [5.74, 6) is -1.85. The molecule has 0 radical (unpaired) electrons. The number of carboxylic acid groups (broad SMARTS) is 1. The molecule has 2 aliphatic rings. The van der Waals surface area contributed by atoms with Gasteiger partial charge in [-0.2, -0.15) is 0 Å². The monoisotopic (exact) mass is 466 g/mol. The minimum Gasteiger partial charge on any atom is -0.481 e. The minimum absolute atomic E-state index is 0.0548. The quantitative estimate of drug-likeness (QED) is 0.619. The molecule has 0 bridgehead atoms. The van der Waals surface area contributed by atoms with Crippen molar-refractivity contribution < 1.29 is 29.0 Å². The molecule has 4 rings (SSSR count). The van der Waals surface area contributed by atoms with Crippen molar-refractivity contribution in [3.63, 3.8) is 0 Å². The predicted molar refractivity (Wildman–Crippen MR) is 125 cm³/mol. The van der Waals surface area contributed by atoms with Crippen molar-refractivity contribution in [1.29, 1.82) is 0 Å². The van der Waals surface area contributed by atoms with E-state index in [-0.39, 0.29) is 31.0 Å². The molecule has 1 aliphatic carbocycles. The molecule has 2 aromatic rings. The van der Waals surface area contributed by atoms with Crippen molar-refractivity contribution in [3.05, 3.63) is 59.7 Å². The fraction of sp³-hybridized carbons (Fsp3) is 0.423. The number of methoxy groups -OCH3 is 1. The summed E-state index contributed by atoms with van der Waals surface area (Å²) < 4.78 is 10.8. The lowest BCUT2D eigenvalue weighted by molar-refractivity contribution is -0.146. The van der Waals surface area contributed by atoms with Crippen LogP contribution in [0.3, 0.4) is 0 Å². The number of rotatable bonds is 8. The number of aliphatic carboxylic acids is 1. The molecule has 2 aromatic carbocycles. The minimum atomic E-state index is -0.915. The second kappa shape index (κ2) is 10.3. The number of hydrogen-bond acceptors (Lipinski definition) is 5. The second-order valence-corrected chi connectivity index (χ2v) is 8.67. The Kier molecular flexibility index (Phi) is 7.17. The number of likely N-dealkylation sites (tertiary alicyclic amines) is 1. The third-order valence-electron chi connectivity index (χ3n) is 6.90. The summed E-state index contributed by atoms with van der Waals surface area (Å²) in [5, 5.41) is 12.0. The van der Waals surface area contributed by atoms with E-state index in [9.17, 15) is 19.5 Å². The van der Waals surface area contributed by atoms with Crippen LogP contribution in [0.25, 0.3) is 11.1 Å². The molecule has 1 aliphatic heterocycles. The Hall–Kier alpha value is -3.39. The van der Waals surface area contributed by atoms with E-state index in [1.54, 1.807) is 4.90 Å². The molecule has 0 spiro atoms. The number of carbonyl (C=O) groups excluding carboxylic acids is 2. The van der Waals surface area contributed by atoms with Gasteiger partial charge in [0.2, 0.25) is 0 Å².